The Bertz CT molecular complexity index is 1260. The van der Waals surface area contributed by atoms with Gasteiger partial charge in [-0.3, -0.25) is 14.4 Å². The van der Waals surface area contributed by atoms with Gasteiger partial charge < -0.3 is 14.6 Å². The first-order valence-electron chi connectivity index (χ1n) is 12.0. The molecular formula is C25H32N6O4. The minimum atomic E-state index is -0.509. The number of amides is 1. The zero-order valence-electron chi connectivity index (χ0n) is 20.7. The van der Waals surface area contributed by atoms with Crippen molar-refractivity contribution in [1.82, 2.24) is 29.9 Å². The van der Waals surface area contributed by atoms with Crippen LogP contribution in [0.1, 0.15) is 69.8 Å². The van der Waals surface area contributed by atoms with Crippen LogP contribution < -0.4 is 5.56 Å². The second-order valence-electron chi connectivity index (χ2n) is 9.95. The van der Waals surface area contributed by atoms with Crippen LogP contribution in [0.3, 0.4) is 0 Å². The van der Waals surface area contributed by atoms with E-state index >= 15 is 0 Å². The highest BCUT2D eigenvalue weighted by molar-refractivity contribution is 5.94. The number of piperidine rings is 1. The van der Waals surface area contributed by atoms with Crippen LogP contribution in [0.5, 0.6) is 0 Å². The first-order valence-corrected chi connectivity index (χ1v) is 12.0. The number of esters is 1. The maximum Gasteiger partial charge on any atom is 0.315 e. The number of ether oxygens (including phenoxy) is 1. The molecule has 0 aliphatic carbocycles. The number of hydrogen-bond acceptors (Lipinski definition) is 7. The summed E-state index contributed by atoms with van der Waals surface area (Å²) in [6.45, 7) is 9.91. The molecule has 1 amide bonds. The Morgan fingerprint density at radius 1 is 1.14 bits per heavy atom. The monoisotopic (exact) mass is 480 g/mol. The van der Waals surface area contributed by atoms with Crippen molar-refractivity contribution in [2.24, 2.45) is 0 Å². The lowest BCUT2D eigenvalue weighted by Crippen LogP contribution is -2.39. The van der Waals surface area contributed by atoms with Crippen LogP contribution >= 0.6 is 0 Å². The second kappa shape index (κ2) is 9.97. The van der Waals surface area contributed by atoms with Crippen molar-refractivity contribution in [2.45, 2.75) is 64.8 Å². The summed E-state index contributed by atoms with van der Waals surface area (Å²) in [6, 6.07) is 8.34. The van der Waals surface area contributed by atoms with Crippen molar-refractivity contribution in [2.75, 3.05) is 19.7 Å². The third kappa shape index (κ3) is 5.58. The Labute approximate surface area is 203 Å². The lowest BCUT2D eigenvalue weighted by Gasteiger charge is -2.31. The van der Waals surface area contributed by atoms with E-state index in [1.165, 1.54) is 5.56 Å². The summed E-state index contributed by atoms with van der Waals surface area (Å²) in [7, 11) is 0. The van der Waals surface area contributed by atoms with E-state index in [4.69, 9.17) is 9.72 Å². The van der Waals surface area contributed by atoms with Crippen LogP contribution in [0.2, 0.25) is 0 Å². The summed E-state index contributed by atoms with van der Waals surface area (Å²) in [4.78, 5) is 45.9. The highest BCUT2D eigenvalue weighted by atomic mass is 16.5. The van der Waals surface area contributed by atoms with E-state index in [1.54, 1.807) is 16.5 Å². The highest BCUT2D eigenvalue weighted by Gasteiger charge is 2.27. The molecule has 10 nitrogen and oxygen atoms in total. The molecule has 1 aliphatic rings. The molecule has 3 aromatic rings. The molecular weight excluding hydrogens is 448 g/mol. The summed E-state index contributed by atoms with van der Waals surface area (Å²) >= 11 is 0. The van der Waals surface area contributed by atoms with Crippen LogP contribution in [-0.2, 0) is 26.3 Å². The molecule has 10 heteroatoms. The van der Waals surface area contributed by atoms with Gasteiger partial charge in [-0.2, -0.15) is 0 Å². The smallest absolute Gasteiger partial charge is 0.315 e. The quantitative estimate of drug-likeness (QED) is 0.425. The fourth-order valence-corrected chi connectivity index (χ4v) is 4.32. The van der Waals surface area contributed by atoms with Crippen LogP contribution in [0.4, 0.5) is 0 Å². The molecule has 0 radical (unpaired) electrons. The van der Waals surface area contributed by atoms with E-state index < -0.39 is 5.97 Å². The van der Waals surface area contributed by atoms with Crippen molar-refractivity contribution < 1.29 is 14.3 Å². The number of nitrogens with one attached hydrogen (secondary N) is 1. The van der Waals surface area contributed by atoms with Gasteiger partial charge in [-0.1, -0.05) is 50.3 Å². The van der Waals surface area contributed by atoms with Crippen LogP contribution in [-0.4, -0.2) is 61.4 Å². The molecule has 2 aromatic heterocycles. The summed E-state index contributed by atoms with van der Waals surface area (Å²) in [5.41, 5.74) is 2.70. The molecule has 0 spiro atoms. The third-order valence-electron chi connectivity index (χ3n) is 6.38. The second-order valence-corrected chi connectivity index (χ2v) is 9.95. The van der Waals surface area contributed by atoms with Gasteiger partial charge in [0.05, 0.1) is 13.2 Å². The Hall–Kier alpha value is -3.56. The number of benzene rings is 1. The molecule has 35 heavy (non-hydrogen) atoms. The third-order valence-corrected chi connectivity index (χ3v) is 6.38. The SMILES string of the molecule is CCOC(=O)CC(=O)N1CCC(c2nc3c(nnn3Cc3ccc(C(C)(C)C)cc3)c(=O)[nH]2)CC1. The molecule has 4 rings (SSSR count). The van der Waals surface area contributed by atoms with Gasteiger partial charge in [0.1, 0.15) is 12.2 Å². The van der Waals surface area contributed by atoms with Gasteiger partial charge in [0, 0.05) is 19.0 Å². The molecule has 0 bridgehead atoms. The maximum absolute atomic E-state index is 12.7. The number of carbonyl (C=O) groups excluding carboxylic acids is 2. The van der Waals surface area contributed by atoms with E-state index in [0.29, 0.717) is 43.9 Å². The number of fused-ring (bicyclic) bond motifs is 1. The van der Waals surface area contributed by atoms with E-state index in [0.717, 1.165) is 5.56 Å². The largest absolute Gasteiger partial charge is 0.466 e. The molecule has 1 fully saturated rings. The van der Waals surface area contributed by atoms with Gasteiger partial charge >= 0.3 is 5.97 Å². The molecule has 1 saturated heterocycles. The van der Waals surface area contributed by atoms with Crippen molar-refractivity contribution in [3.05, 3.63) is 51.6 Å². The van der Waals surface area contributed by atoms with Crippen molar-refractivity contribution in [1.29, 1.82) is 0 Å². The number of rotatable bonds is 6. The van der Waals surface area contributed by atoms with E-state index in [2.05, 4.69) is 60.3 Å². The summed E-state index contributed by atoms with van der Waals surface area (Å²) < 4.78 is 6.52. The number of H-pyrrole nitrogens is 1. The molecule has 1 aliphatic heterocycles. The van der Waals surface area contributed by atoms with Crippen LogP contribution in [0.25, 0.3) is 11.2 Å². The zero-order chi connectivity index (χ0) is 25.2. The Morgan fingerprint density at radius 3 is 2.46 bits per heavy atom. The number of nitrogens with zero attached hydrogens (tertiary/aromatic N) is 5. The van der Waals surface area contributed by atoms with E-state index in [1.807, 2.05) is 0 Å². The maximum atomic E-state index is 12.7. The zero-order valence-corrected chi connectivity index (χ0v) is 20.7. The number of likely N-dealkylation sites (tertiary alicyclic amines) is 1. The van der Waals surface area contributed by atoms with Crippen molar-refractivity contribution >= 4 is 23.0 Å². The fraction of sp³-hybridized carbons (Fsp3) is 0.520. The Balaban J connectivity index is 1.48. The lowest BCUT2D eigenvalue weighted by molar-refractivity contribution is -0.149. The predicted molar refractivity (Wildman–Crippen MR) is 130 cm³/mol. The highest BCUT2D eigenvalue weighted by Crippen LogP contribution is 2.26. The van der Waals surface area contributed by atoms with Crippen molar-refractivity contribution in [3.8, 4) is 0 Å². The summed E-state index contributed by atoms with van der Waals surface area (Å²) in [5.74, 6) is -0.178. The molecule has 0 atom stereocenters. The number of carbonyl (C=O) groups is 2. The van der Waals surface area contributed by atoms with Gasteiger partial charge in [0.2, 0.25) is 5.91 Å². The molecule has 1 aromatic carbocycles. The van der Waals surface area contributed by atoms with E-state index in [-0.39, 0.29) is 41.3 Å². The molecule has 1 N–H and O–H groups in total. The Morgan fingerprint density at radius 2 is 1.83 bits per heavy atom. The minimum absolute atomic E-state index is 0.00633. The van der Waals surface area contributed by atoms with Gasteiger partial charge in [0.15, 0.2) is 11.2 Å². The topological polar surface area (TPSA) is 123 Å². The van der Waals surface area contributed by atoms with Gasteiger partial charge in [0.25, 0.3) is 5.56 Å². The van der Waals surface area contributed by atoms with Gasteiger partial charge in [-0.05, 0) is 36.3 Å². The lowest BCUT2D eigenvalue weighted by atomic mass is 9.87. The van der Waals surface area contributed by atoms with E-state index in [9.17, 15) is 14.4 Å². The minimum Gasteiger partial charge on any atom is -0.466 e. The fourth-order valence-electron chi connectivity index (χ4n) is 4.32. The Kier molecular flexibility index (Phi) is 7.00. The number of aromatic amines is 1. The first kappa shape index (κ1) is 24.6. The summed E-state index contributed by atoms with van der Waals surface area (Å²) in [5, 5.41) is 8.22. The standard InChI is InChI=1S/C25H32N6O4/c1-5-35-20(33)14-19(32)30-12-10-17(11-13-30)22-26-23-21(24(34)27-22)28-29-31(23)15-16-6-8-18(9-7-16)25(2,3)4/h6-9,17H,5,10-15H2,1-4H3,(H,26,27,34). The number of aromatic nitrogens is 5. The first-order chi connectivity index (χ1) is 16.7. The van der Waals surface area contributed by atoms with Gasteiger partial charge in [-0.25, -0.2) is 9.67 Å². The van der Waals surface area contributed by atoms with Crippen molar-refractivity contribution in [3.63, 3.8) is 0 Å². The van der Waals surface area contributed by atoms with Crippen LogP contribution in [0.15, 0.2) is 29.1 Å². The summed E-state index contributed by atoms with van der Waals surface area (Å²) in [6.07, 6.45) is 1.03. The average molecular weight is 481 g/mol. The molecule has 186 valence electrons. The van der Waals surface area contributed by atoms with Crippen LogP contribution in [0, 0.1) is 0 Å². The number of hydrogen-bond donors (Lipinski definition) is 1. The predicted octanol–water partition coefficient (Wildman–Crippen LogP) is 2.52. The molecule has 0 saturated carbocycles. The molecule has 0 unspecified atom stereocenters. The average Bonchev–Trinajstić information content (AvgIpc) is 3.22. The van der Waals surface area contributed by atoms with Gasteiger partial charge in [-0.15, -0.1) is 5.10 Å². The molecule has 3 heterocycles. The normalized spacial score (nSPS) is 14.9.